The largest absolute Gasteiger partial charge is 0.423 e. The van der Waals surface area contributed by atoms with E-state index in [0.29, 0.717) is 5.58 Å². The lowest BCUT2D eigenvalue weighted by molar-refractivity contribution is 0.560. The summed E-state index contributed by atoms with van der Waals surface area (Å²) >= 11 is 0. The zero-order chi connectivity index (χ0) is 12.1. The Morgan fingerprint density at radius 3 is 2.94 bits per heavy atom. The molecule has 2 heteroatoms. The van der Waals surface area contributed by atoms with E-state index < -0.39 is 0 Å². The van der Waals surface area contributed by atoms with Gasteiger partial charge in [0.1, 0.15) is 5.58 Å². The average Bonchev–Trinajstić information content (AvgIpc) is 2.34. The zero-order valence-electron chi connectivity index (χ0n) is 9.82. The molecule has 2 rings (SSSR count). The van der Waals surface area contributed by atoms with Gasteiger partial charge in [-0.05, 0) is 18.6 Å². The predicted molar refractivity (Wildman–Crippen MR) is 68.9 cm³/mol. The zero-order valence-corrected chi connectivity index (χ0v) is 9.82. The maximum absolute atomic E-state index is 11.4. The maximum atomic E-state index is 11.4. The summed E-state index contributed by atoms with van der Waals surface area (Å²) in [6.07, 6.45) is 3.09. The summed E-state index contributed by atoms with van der Waals surface area (Å²) < 4.78 is 5.11. The first-order valence-electron chi connectivity index (χ1n) is 5.83. The van der Waals surface area contributed by atoms with Crippen LogP contribution in [-0.2, 0) is 0 Å². The van der Waals surface area contributed by atoms with Gasteiger partial charge < -0.3 is 4.42 Å². The van der Waals surface area contributed by atoms with Crippen LogP contribution >= 0.6 is 0 Å². The lowest BCUT2D eigenvalue weighted by Crippen LogP contribution is -1.98. The highest BCUT2D eigenvalue weighted by atomic mass is 16.4. The molecule has 1 heterocycles. The molecular formula is C15H14O2. The van der Waals surface area contributed by atoms with Crippen molar-refractivity contribution in [3.8, 4) is 11.8 Å². The van der Waals surface area contributed by atoms with E-state index in [9.17, 15) is 4.79 Å². The number of benzene rings is 1. The van der Waals surface area contributed by atoms with Gasteiger partial charge in [0.05, 0.1) is 0 Å². The van der Waals surface area contributed by atoms with Crippen LogP contribution in [0.2, 0.25) is 0 Å². The van der Waals surface area contributed by atoms with Crippen LogP contribution in [0, 0.1) is 11.8 Å². The van der Waals surface area contributed by atoms with Crippen molar-refractivity contribution in [2.45, 2.75) is 26.2 Å². The highest BCUT2D eigenvalue weighted by Crippen LogP contribution is 2.15. The van der Waals surface area contributed by atoms with Gasteiger partial charge in [-0.1, -0.05) is 37.3 Å². The Kier molecular flexibility index (Phi) is 3.62. The number of rotatable bonds is 2. The second-order valence-electron chi connectivity index (χ2n) is 3.88. The minimum atomic E-state index is -0.344. The molecule has 1 aromatic carbocycles. The molecule has 0 amide bonds. The number of fused-ring (bicyclic) bond motifs is 1. The van der Waals surface area contributed by atoms with Crippen LogP contribution in [0.5, 0.6) is 0 Å². The molecule has 0 radical (unpaired) electrons. The van der Waals surface area contributed by atoms with E-state index in [1.807, 2.05) is 18.2 Å². The van der Waals surface area contributed by atoms with Gasteiger partial charge in [0.2, 0.25) is 0 Å². The molecule has 0 saturated heterocycles. The molecule has 0 saturated carbocycles. The molecule has 0 aliphatic rings. The van der Waals surface area contributed by atoms with Gasteiger partial charge >= 0.3 is 5.63 Å². The summed E-state index contributed by atoms with van der Waals surface area (Å²) in [4.78, 5) is 11.4. The third-order valence-corrected chi connectivity index (χ3v) is 2.53. The van der Waals surface area contributed by atoms with E-state index >= 15 is 0 Å². The molecule has 0 unspecified atom stereocenters. The first-order valence-corrected chi connectivity index (χ1v) is 5.83. The second kappa shape index (κ2) is 5.36. The Morgan fingerprint density at radius 2 is 2.12 bits per heavy atom. The van der Waals surface area contributed by atoms with Gasteiger partial charge in [0.15, 0.2) is 0 Å². The van der Waals surface area contributed by atoms with Crippen LogP contribution in [0.4, 0.5) is 0 Å². The van der Waals surface area contributed by atoms with E-state index in [1.54, 1.807) is 6.07 Å². The van der Waals surface area contributed by atoms with Gasteiger partial charge in [-0.25, -0.2) is 4.79 Å². The molecule has 0 N–H and O–H groups in total. The topological polar surface area (TPSA) is 30.2 Å². The average molecular weight is 226 g/mol. The number of unbranched alkanes of at least 4 members (excludes halogenated alkanes) is 2. The summed E-state index contributed by atoms with van der Waals surface area (Å²) in [6, 6.07) is 8.93. The van der Waals surface area contributed by atoms with Crippen LogP contribution in [-0.4, -0.2) is 0 Å². The third kappa shape index (κ3) is 2.76. The van der Waals surface area contributed by atoms with E-state index in [1.165, 1.54) is 6.07 Å². The fourth-order valence-electron chi connectivity index (χ4n) is 1.64. The highest BCUT2D eigenvalue weighted by Gasteiger charge is 2.01. The van der Waals surface area contributed by atoms with Crippen LogP contribution < -0.4 is 5.63 Å². The van der Waals surface area contributed by atoms with Crippen molar-refractivity contribution in [3.63, 3.8) is 0 Å². The Balaban J connectivity index is 2.44. The van der Waals surface area contributed by atoms with Gasteiger partial charge in [-0.15, -0.1) is 0 Å². The van der Waals surface area contributed by atoms with Crippen LogP contribution in [0.15, 0.2) is 39.5 Å². The van der Waals surface area contributed by atoms with E-state index in [-0.39, 0.29) is 5.63 Å². The SMILES string of the molecule is CCCCC#Cc1cc(=O)oc2ccccc12. The lowest BCUT2D eigenvalue weighted by atomic mass is 10.1. The molecule has 0 aliphatic carbocycles. The molecule has 86 valence electrons. The molecule has 0 fully saturated rings. The summed E-state index contributed by atoms with van der Waals surface area (Å²) in [5.41, 5.74) is 1.01. The Hall–Kier alpha value is -2.01. The standard InChI is InChI=1S/C15H14O2/c1-2-3-4-5-8-12-11-15(16)17-14-10-7-6-9-13(12)14/h6-7,9-11H,2-4H2,1H3. The van der Waals surface area contributed by atoms with Crippen molar-refractivity contribution in [3.05, 3.63) is 46.3 Å². The smallest absolute Gasteiger partial charge is 0.337 e. The van der Waals surface area contributed by atoms with E-state index in [2.05, 4.69) is 18.8 Å². The Morgan fingerprint density at radius 1 is 1.29 bits per heavy atom. The number of hydrogen-bond acceptors (Lipinski definition) is 2. The summed E-state index contributed by atoms with van der Waals surface area (Å²) in [7, 11) is 0. The molecule has 2 nitrogen and oxygen atoms in total. The van der Waals surface area contributed by atoms with Gasteiger partial charge in [-0.2, -0.15) is 0 Å². The third-order valence-electron chi connectivity index (χ3n) is 2.53. The normalized spacial score (nSPS) is 9.94. The monoisotopic (exact) mass is 226 g/mol. The molecule has 2 aromatic rings. The number of hydrogen-bond donors (Lipinski definition) is 0. The quantitative estimate of drug-likeness (QED) is 0.446. The molecule has 17 heavy (non-hydrogen) atoms. The molecule has 0 bridgehead atoms. The van der Waals surface area contributed by atoms with Crippen molar-refractivity contribution in [2.75, 3.05) is 0 Å². The van der Waals surface area contributed by atoms with Crippen molar-refractivity contribution in [1.29, 1.82) is 0 Å². The van der Waals surface area contributed by atoms with E-state index in [4.69, 9.17) is 4.42 Å². The van der Waals surface area contributed by atoms with Gasteiger partial charge in [0.25, 0.3) is 0 Å². The van der Waals surface area contributed by atoms with Crippen molar-refractivity contribution < 1.29 is 4.42 Å². The van der Waals surface area contributed by atoms with Crippen LogP contribution in [0.1, 0.15) is 31.7 Å². The number of para-hydroxylation sites is 1. The molecule has 0 atom stereocenters. The molecule has 0 spiro atoms. The summed E-state index contributed by atoms with van der Waals surface area (Å²) in [6.45, 7) is 2.13. The molecule has 0 aliphatic heterocycles. The van der Waals surface area contributed by atoms with Gasteiger partial charge in [0, 0.05) is 23.4 Å². The van der Waals surface area contributed by atoms with Crippen molar-refractivity contribution in [1.82, 2.24) is 0 Å². The van der Waals surface area contributed by atoms with Crippen molar-refractivity contribution >= 4 is 11.0 Å². The minimum absolute atomic E-state index is 0.344. The van der Waals surface area contributed by atoms with Gasteiger partial charge in [-0.3, -0.25) is 0 Å². The fourth-order valence-corrected chi connectivity index (χ4v) is 1.64. The molecular weight excluding hydrogens is 212 g/mol. The summed E-state index contributed by atoms with van der Waals surface area (Å²) in [5.74, 6) is 6.14. The summed E-state index contributed by atoms with van der Waals surface area (Å²) in [5, 5.41) is 0.899. The lowest BCUT2D eigenvalue weighted by Gasteiger charge is -1.97. The Bertz CT molecular complexity index is 626. The maximum Gasteiger partial charge on any atom is 0.337 e. The fraction of sp³-hybridized carbons (Fsp3) is 0.267. The van der Waals surface area contributed by atoms with Crippen LogP contribution in [0.3, 0.4) is 0 Å². The first kappa shape index (κ1) is 11.5. The Labute approximate surface area is 100 Å². The molecule has 1 aromatic heterocycles. The minimum Gasteiger partial charge on any atom is -0.423 e. The second-order valence-corrected chi connectivity index (χ2v) is 3.88. The first-order chi connectivity index (χ1) is 8.31. The highest BCUT2D eigenvalue weighted by molar-refractivity contribution is 5.82. The van der Waals surface area contributed by atoms with E-state index in [0.717, 1.165) is 30.2 Å². The van der Waals surface area contributed by atoms with Crippen molar-refractivity contribution in [2.24, 2.45) is 0 Å². The van der Waals surface area contributed by atoms with Crippen LogP contribution in [0.25, 0.3) is 11.0 Å². The predicted octanol–water partition coefficient (Wildman–Crippen LogP) is 3.33.